The number of amides is 2. The van der Waals surface area contributed by atoms with Gasteiger partial charge in [0.05, 0.1) is 6.61 Å². The van der Waals surface area contributed by atoms with Crippen LogP contribution in [0, 0.1) is 11.3 Å². The Kier molecular flexibility index (Phi) is 8.67. The summed E-state index contributed by atoms with van der Waals surface area (Å²) >= 11 is 5.83. The van der Waals surface area contributed by atoms with Crippen LogP contribution in [0.3, 0.4) is 0 Å². The highest BCUT2D eigenvalue weighted by Crippen LogP contribution is 2.19. The molecule has 0 radical (unpaired) electrons. The zero-order valence-electron chi connectivity index (χ0n) is 18.4. The maximum Gasteiger partial charge on any atom is 0.266 e. The maximum atomic E-state index is 12.5. The van der Waals surface area contributed by atoms with Crippen molar-refractivity contribution in [1.29, 1.82) is 5.26 Å². The summed E-state index contributed by atoms with van der Waals surface area (Å²) in [5.41, 5.74) is 1.72. The van der Waals surface area contributed by atoms with Crippen LogP contribution in [-0.2, 0) is 9.59 Å². The molecule has 0 aliphatic carbocycles. The van der Waals surface area contributed by atoms with Crippen molar-refractivity contribution in [3.8, 4) is 17.6 Å². The summed E-state index contributed by atoms with van der Waals surface area (Å²) in [7, 11) is 0. The second-order valence-corrected chi connectivity index (χ2v) is 7.43. The summed E-state index contributed by atoms with van der Waals surface area (Å²) in [6.07, 6.45) is 1.47. The Labute approximate surface area is 202 Å². The first kappa shape index (κ1) is 24.4. The van der Waals surface area contributed by atoms with Crippen LogP contribution < -0.4 is 20.1 Å². The van der Waals surface area contributed by atoms with E-state index in [1.165, 1.54) is 6.08 Å². The largest absolute Gasteiger partial charge is 0.494 e. The molecule has 0 aliphatic rings. The van der Waals surface area contributed by atoms with Crippen LogP contribution in [-0.4, -0.2) is 25.0 Å². The van der Waals surface area contributed by atoms with Crippen molar-refractivity contribution < 1.29 is 19.1 Å². The van der Waals surface area contributed by atoms with E-state index in [4.69, 9.17) is 21.1 Å². The van der Waals surface area contributed by atoms with Gasteiger partial charge in [-0.15, -0.1) is 0 Å². The van der Waals surface area contributed by atoms with Gasteiger partial charge in [0.1, 0.15) is 23.1 Å². The summed E-state index contributed by atoms with van der Waals surface area (Å²) in [5, 5.41) is 15.4. The van der Waals surface area contributed by atoms with Gasteiger partial charge >= 0.3 is 0 Å². The van der Waals surface area contributed by atoms with E-state index in [0.29, 0.717) is 40.1 Å². The fourth-order valence-electron chi connectivity index (χ4n) is 2.88. The first-order valence-electron chi connectivity index (χ1n) is 10.4. The van der Waals surface area contributed by atoms with Crippen molar-refractivity contribution in [3.63, 3.8) is 0 Å². The van der Waals surface area contributed by atoms with Gasteiger partial charge in [0.25, 0.3) is 11.8 Å². The highest BCUT2D eigenvalue weighted by Gasteiger charge is 2.10. The van der Waals surface area contributed by atoms with Crippen molar-refractivity contribution in [2.45, 2.75) is 6.92 Å². The number of carbonyl (C=O) groups excluding carboxylic acids is 2. The molecule has 34 heavy (non-hydrogen) atoms. The Bertz CT molecular complexity index is 1220. The Morgan fingerprint density at radius 3 is 2.35 bits per heavy atom. The van der Waals surface area contributed by atoms with Crippen LogP contribution in [0.15, 0.2) is 78.4 Å². The summed E-state index contributed by atoms with van der Waals surface area (Å²) in [5.74, 6) is 0.248. The second kappa shape index (κ2) is 12.1. The third kappa shape index (κ3) is 7.40. The number of nitriles is 1. The van der Waals surface area contributed by atoms with E-state index in [-0.39, 0.29) is 18.1 Å². The number of hydrogen-bond donors (Lipinski definition) is 2. The number of carbonyl (C=O) groups is 2. The number of benzene rings is 3. The highest BCUT2D eigenvalue weighted by atomic mass is 35.5. The Balaban J connectivity index is 1.57. The average Bonchev–Trinajstić information content (AvgIpc) is 2.84. The van der Waals surface area contributed by atoms with Crippen molar-refractivity contribution in [3.05, 3.63) is 89.0 Å². The molecule has 0 fully saturated rings. The topological polar surface area (TPSA) is 100 Å². The average molecular weight is 476 g/mol. The molecular weight excluding hydrogens is 454 g/mol. The molecule has 0 atom stereocenters. The van der Waals surface area contributed by atoms with E-state index in [1.807, 2.05) is 13.0 Å². The zero-order valence-corrected chi connectivity index (χ0v) is 19.1. The smallest absolute Gasteiger partial charge is 0.266 e. The van der Waals surface area contributed by atoms with E-state index in [1.54, 1.807) is 72.8 Å². The number of halogens is 1. The summed E-state index contributed by atoms with van der Waals surface area (Å²) < 4.78 is 10.9. The Morgan fingerprint density at radius 2 is 1.68 bits per heavy atom. The molecule has 0 saturated carbocycles. The first-order valence-corrected chi connectivity index (χ1v) is 10.8. The number of anilines is 2. The van der Waals surface area contributed by atoms with Crippen molar-refractivity contribution in [1.82, 2.24) is 0 Å². The number of nitrogens with zero attached hydrogens (tertiary/aromatic N) is 1. The zero-order chi connectivity index (χ0) is 24.3. The van der Waals surface area contributed by atoms with E-state index < -0.39 is 5.91 Å². The molecule has 0 saturated heterocycles. The van der Waals surface area contributed by atoms with Gasteiger partial charge in [-0.1, -0.05) is 29.8 Å². The van der Waals surface area contributed by atoms with Gasteiger partial charge in [0.2, 0.25) is 0 Å². The molecule has 0 heterocycles. The molecule has 0 bridgehead atoms. The standard InChI is InChI=1S/C26H22ClN3O4/c1-2-33-24-5-3-4-22(15-24)30-26(32)19(16-28)14-18-6-12-23(13-7-18)34-17-25(31)29-21-10-8-20(27)9-11-21/h3-15H,2,17H2,1H3,(H,29,31)(H,30,32)/b19-14+. The minimum Gasteiger partial charge on any atom is -0.494 e. The molecule has 2 N–H and O–H groups in total. The molecule has 0 aliphatic heterocycles. The molecular formula is C26H22ClN3O4. The molecule has 8 heteroatoms. The fraction of sp³-hybridized carbons (Fsp3) is 0.115. The Hall–Kier alpha value is -4.28. The van der Waals surface area contributed by atoms with Crippen LogP contribution in [0.4, 0.5) is 11.4 Å². The number of rotatable bonds is 9. The summed E-state index contributed by atoms with van der Waals surface area (Å²) in [6.45, 7) is 2.20. The highest BCUT2D eigenvalue weighted by molar-refractivity contribution is 6.30. The van der Waals surface area contributed by atoms with Crippen LogP contribution in [0.25, 0.3) is 6.08 Å². The van der Waals surface area contributed by atoms with Crippen LogP contribution in [0.2, 0.25) is 5.02 Å². The first-order chi connectivity index (χ1) is 16.5. The molecule has 0 aromatic heterocycles. The maximum absolute atomic E-state index is 12.5. The predicted molar refractivity (Wildman–Crippen MR) is 132 cm³/mol. The molecule has 3 rings (SSSR count). The molecule has 0 unspecified atom stereocenters. The van der Waals surface area contributed by atoms with E-state index >= 15 is 0 Å². The minimum absolute atomic E-state index is 0.0576. The van der Waals surface area contributed by atoms with Crippen LogP contribution in [0.1, 0.15) is 12.5 Å². The molecule has 172 valence electrons. The molecule has 0 spiro atoms. The van der Waals surface area contributed by atoms with E-state index in [9.17, 15) is 14.9 Å². The lowest BCUT2D eigenvalue weighted by Gasteiger charge is -2.08. The molecule has 2 amide bonds. The third-order valence-electron chi connectivity index (χ3n) is 4.46. The normalized spacial score (nSPS) is 10.7. The number of nitrogens with one attached hydrogen (secondary N) is 2. The monoisotopic (exact) mass is 475 g/mol. The lowest BCUT2D eigenvalue weighted by molar-refractivity contribution is -0.118. The van der Waals surface area contributed by atoms with Gasteiger partial charge in [-0.05, 0) is 67.1 Å². The van der Waals surface area contributed by atoms with Gasteiger partial charge in [-0.3, -0.25) is 9.59 Å². The second-order valence-electron chi connectivity index (χ2n) is 7.00. The van der Waals surface area contributed by atoms with Crippen molar-refractivity contribution in [2.75, 3.05) is 23.8 Å². The van der Waals surface area contributed by atoms with E-state index in [0.717, 1.165) is 0 Å². The van der Waals surface area contributed by atoms with Crippen LogP contribution >= 0.6 is 11.6 Å². The van der Waals surface area contributed by atoms with Gasteiger partial charge in [-0.2, -0.15) is 5.26 Å². The Morgan fingerprint density at radius 1 is 0.941 bits per heavy atom. The van der Waals surface area contributed by atoms with E-state index in [2.05, 4.69) is 10.6 Å². The third-order valence-corrected chi connectivity index (χ3v) is 4.71. The summed E-state index contributed by atoms with van der Waals surface area (Å²) in [4.78, 5) is 24.5. The number of hydrogen-bond acceptors (Lipinski definition) is 5. The predicted octanol–water partition coefficient (Wildman–Crippen LogP) is 5.30. The van der Waals surface area contributed by atoms with Crippen LogP contribution in [0.5, 0.6) is 11.5 Å². The van der Waals surface area contributed by atoms with Gasteiger partial charge in [0.15, 0.2) is 6.61 Å². The molecule has 7 nitrogen and oxygen atoms in total. The lowest BCUT2D eigenvalue weighted by Crippen LogP contribution is -2.20. The molecule has 3 aromatic rings. The van der Waals surface area contributed by atoms with Gasteiger partial charge in [-0.25, -0.2) is 0 Å². The minimum atomic E-state index is -0.532. The lowest BCUT2D eigenvalue weighted by atomic mass is 10.1. The SMILES string of the molecule is CCOc1cccc(NC(=O)/C(C#N)=C/c2ccc(OCC(=O)Nc3ccc(Cl)cc3)cc2)c1. The molecule has 3 aromatic carbocycles. The van der Waals surface area contributed by atoms with Crippen molar-refractivity contribution in [2.24, 2.45) is 0 Å². The summed E-state index contributed by atoms with van der Waals surface area (Å²) in [6, 6.07) is 22.3. The number of ether oxygens (including phenoxy) is 2. The quantitative estimate of drug-likeness (QED) is 0.323. The van der Waals surface area contributed by atoms with Gasteiger partial charge in [0, 0.05) is 22.5 Å². The van der Waals surface area contributed by atoms with Gasteiger partial charge < -0.3 is 20.1 Å². The fourth-order valence-corrected chi connectivity index (χ4v) is 3.01. The van der Waals surface area contributed by atoms with Crippen molar-refractivity contribution >= 4 is 40.9 Å².